The van der Waals surface area contributed by atoms with Crippen molar-refractivity contribution in [3.8, 4) is 16.9 Å². The molecule has 0 aromatic heterocycles. The highest BCUT2D eigenvalue weighted by atomic mass is 35.5. The van der Waals surface area contributed by atoms with Crippen LogP contribution >= 0.6 is 12.4 Å². The average Bonchev–Trinajstić information content (AvgIpc) is 2.25. The van der Waals surface area contributed by atoms with E-state index in [1.54, 1.807) is 18.2 Å². The summed E-state index contributed by atoms with van der Waals surface area (Å²) in [5.74, 6) is -0.231. The molecule has 0 unspecified atom stereocenters. The van der Waals surface area contributed by atoms with E-state index < -0.39 is 0 Å². The molecule has 0 aliphatic carbocycles. The van der Waals surface area contributed by atoms with Crippen molar-refractivity contribution in [2.45, 2.75) is 6.92 Å². The van der Waals surface area contributed by atoms with Crippen LogP contribution in [0, 0.1) is 12.7 Å². The molecule has 0 aliphatic rings. The number of nitrogen functional groups attached to an aromatic ring is 1. The summed E-state index contributed by atoms with van der Waals surface area (Å²) in [4.78, 5) is 0. The molecule has 0 saturated heterocycles. The zero-order valence-corrected chi connectivity index (χ0v) is 10.1. The fourth-order valence-electron chi connectivity index (χ4n) is 1.65. The van der Waals surface area contributed by atoms with E-state index in [1.807, 2.05) is 6.92 Å². The highest BCUT2D eigenvalue weighted by molar-refractivity contribution is 5.85. The van der Waals surface area contributed by atoms with E-state index in [2.05, 4.69) is 0 Å². The van der Waals surface area contributed by atoms with Gasteiger partial charge in [-0.05, 0) is 48.4 Å². The highest BCUT2D eigenvalue weighted by Crippen LogP contribution is 2.33. The quantitative estimate of drug-likeness (QED) is 0.603. The Morgan fingerprint density at radius 1 is 1.06 bits per heavy atom. The Balaban J connectivity index is 0.00000144. The Kier molecular flexibility index (Phi) is 3.97. The van der Waals surface area contributed by atoms with Crippen LogP contribution in [0.2, 0.25) is 0 Å². The molecule has 0 bridgehead atoms. The second kappa shape index (κ2) is 5.06. The molecule has 0 spiro atoms. The Labute approximate surface area is 105 Å². The van der Waals surface area contributed by atoms with Crippen molar-refractivity contribution in [1.29, 1.82) is 0 Å². The van der Waals surface area contributed by atoms with Gasteiger partial charge in [-0.15, -0.1) is 12.4 Å². The fourth-order valence-corrected chi connectivity index (χ4v) is 1.65. The number of rotatable bonds is 1. The Morgan fingerprint density at radius 3 is 2.47 bits per heavy atom. The smallest absolute Gasteiger partial charge is 0.123 e. The molecule has 4 heteroatoms. The highest BCUT2D eigenvalue weighted by Gasteiger charge is 2.08. The van der Waals surface area contributed by atoms with Crippen molar-refractivity contribution in [2.75, 3.05) is 5.73 Å². The molecule has 0 amide bonds. The molecular weight excluding hydrogens is 241 g/mol. The van der Waals surface area contributed by atoms with Crippen LogP contribution in [-0.4, -0.2) is 5.11 Å². The van der Waals surface area contributed by atoms with E-state index in [1.165, 1.54) is 18.2 Å². The molecule has 3 N–H and O–H groups in total. The minimum absolute atomic E-state index is 0. The van der Waals surface area contributed by atoms with Gasteiger partial charge in [0.05, 0.1) is 0 Å². The third kappa shape index (κ3) is 2.68. The number of halogens is 2. The zero-order valence-electron chi connectivity index (χ0n) is 9.27. The van der Waals surface area contributed by atoms with Gasteiger partial charge in [0.1, 0.15) is 11.6 Å². The maximum atomic E-state index is 13.2. The van der Waals surface area contributed by atoms with E-state index in [4.69, 9.17) is 5.73 Å². The normalized spacial score (nSPS) is 9.76. The monoisotopic (exact) mass is 253 g/mol. The topological polar surface area (TPSA) is 46.2 Å². The summed E-state index contributed by atoms with van der Waals surface area (Å²) in [6.45, 7) is 1.86. The third-order valence-corrected chi connectivity index (χ3v) is 2.51. The van der Waals surface area contributed by atoms with Crippen LogP contribution < -0.4 is 5.73 Å². The molecule has 2 rings (SSSR count). The summed E-state index contributed by atoms with van der Waals surface area (Å²) in [5, 5.41) is 9.73. The van der Waals surface area contributed by atoms with E-state index in [0.717, 1.165) is 5.56 Å². The molecule has 0 saturated carbocycles. The van der Waals surface area contributed by atoms with Crippen molar-refractivity contribution >= 4 is 18.1 Å². The molecule has 2 aromatic rings. The van der Waals surface area contributed by atoms with Gasteiger partial charge in [0.2, 0.25) is 0 Å². The van der Waals surface area contributed by atoms with Crippen molar-refractivity contribution in [1.82, 2.24) is 0 Å². The van der Waals surface area contributed by atoms with Gasteiger partial charge < -0.3 is 10.8 Å². The first-order chi connectivity index (χ1) is 7.58. The third-order valence-electron chi connectivity index (χ3n) is 2.51. The van der Waals surface area contributed by atoms with Crippen LogP contribution in [0.3, 0.4) is 0 Å². The lowest BCUT2D eigenvalue weighted by atomic mass is 9.99. The summed E-state index contributed by atoms with van der Waals surface area (Å²) in [7, 11) is 0. The molecular formula is C13H13ClFNO. The second-order valence-electron chi connectivity index (χ2n) is 3.74. The SMILES string of the molecule is Cc1ccc(F)cc1-c1cc(N)ccc1O.Cl. The first-order valence-corrected chi connectivity index (χ1v) is 4.93. The van der Waals surface area contributed by atoms with E-state index >= 15 is 0 Å². The van der Waals surface area contributed by atoms with Crippen LogP contribution in [0.5, 0.6) is 5.75 Å². The van der Waals surface area contributed by atoms with Crippen LogP contribution in [0.4, 0.5) is 10.1 Å². The molecule has 2 aromatic carbocycles. The number of phenolic OH excluding ortho intramolecular Hbond substituents is 1. The van der Waals surface area contributed by atoms with E-state index in [0.29, 0.717) is 16.8 Å². The lowest BCUT2D eigenvalue weighted by molar-refractivity contribution is 0.477. The number of hydrogen-bond acceptors (Lipinski definition) is 2. The largest absolute Gasteiger partial charge is 0.507 e. The number of hydrogen-bond donors (Lipinski definition) is 2. The number of benzene rings is 2. The number of anilines is 1. The first-order valence-electron chi connectivity index (χ1n) is 4.93. The predicted molar refractivity (Wildman–Crippen MR) is 69.9 cm³/mol. The van der Waals surface area contributed by atoms with Gasteiger partial charge in [-0.3, -0.25) is 0 Å². The summed E-state index contributed by atoms with van der Waals surface area (Å²) in [6, 6.07) is 9.21. The molecule has 0 heterocycles. The lowest BCUT2D eigenvalue weighted by Gasteiger charge is -2.09. The number of aromatic hydroxyl groups is 1. The molecule has 17 heavy (non-hydrogen) atoms. The summed E-state index contributed by atoms with van der Waals surface area (Å²) in [6.07, 6.45) is 0. The van der Waals surface area contributed by atoms with Gasteiger partial charge >= 0.3 is 0 Å². The predicted octanol–water partition coefficient (Wildman–Crippen LogP) is 3.51. The Hall–Kier alpha value is -1.74. The fraction of sp³-hybridized carbons (Fsp3) is 0.0769. The lowest BCUT2D eigenvalue weighted by Crippen LogP contribution is -1.89. The van der Waals surface area contributed by atoms with Crippen molar-refractivity contribution in [3.63, 3.8) is 0 Å². The van der Waals surface area contributed by atoms with Crippen LogP contribution in [0.1, 0.15) is 5.56 Å². The maximum absolute atomic E-state index is 13.2. The molecule has 0 atom stereocenters. The van der Waals surface area contributed by atoms with E-state index in [9.17, 15) is 9.50 Å². The van der Waals surface area contributed by atoms with Gasteiger partial charge in [-0.1, -0.05) is 6.07 Å². The molecule has 0 fully saturated rings. The van der Waals surface area contributed by atoms with Gasteiger partial charge in [0.25, 0.3) is 0 Å². The van der Waals surface area contributed by atoms with Gasteiger partial charge in [-0.25, -0.2) is 4.39 Å². The van der Waals surface area contributed by atoms with Crippen molar-refractivity contribution < 1.29 is 9.50 Å². The molecule has 2 nitrogen and oxygen atoms in total. The van der Waals surface area contributed by atoms with Gasteiger partial charge in [0, 0.05) is 11.3 Å². The van der Waals surface area contributed by atoms with Crippen molar-refractivity contribution in [3.05, 3.63) is 47.8 Å². The average molecular weight is 254 g/mol. The number of phenols is 1. The van der Waals surface area contributed by atoms with Crippen LogP contribution in [0.25, 0.3) is 11.1 Å². The summed E-state index contributed by atoms with van der Waals surface area (Å²) in [5.41, 5.74) is 8.29. The Bertz CT molecular complexity index is 493. The molecule has 0 radical (unpaired) electrons. The van der Waals surface area contributed by atoms with Gasteiger partial charge in [-0.2, -0.15) is 0 Å². The van der Waals surface area contributed by atoms with Gasteiger partial charge in [0.15, 0.2) is 0 Å². The van der Waals surface area contributed by atoms with E-state index in [-0.39, 0.29) is 24.0 Å². The van der Waals surface area contributed by atoms with Crippen molar-refractivity contribution in [2.24, 2.45) is 0 Å². The Morgan fingerprint density at radius 2 is 1.76 bits per heavy atom. The summed E-state index contributed by atoms with van der Waals surface area (Å²) < 4.78 is 13.2. The summed E-state index contributed by atoms with van der Waals surface area (Å²) >= 11 is 0. The standard InChI is InChI=1S/C13H12FNO.ClH/c1-8-2-3-9(14)6-11(8)12-7-10(15)4-5-13(12)16;/h2-7,16H,15H2,1H3;1H. The number of aryl methyl sites for hydroxylation is 1. The maximum Gasteiger partial charge on any atom is 0.123 e. The molecule has 90 valence electrons. The minimum atomic E-state index is -0.331. The minimum Gasteiger partial charge on any atom is -0.507 e. The second-order valence-corrected chi connectivity index (χ2v) is 3.74. The van der Waals surface area contributed by atoms with Crippen LogP contribution in [-0.2, 0) is 0 Å². The first kappa shape index (κ1) is 13.3. The number of nitrogens with two attached hydrogens (primary N) is 1. The van der Waals surface area contributed by atoms with Crippen LogP contribution in [0.15, 0.2) is 36.4 Å². The zero-order chi connectivity index (χ0) is 11.7. The molecule has 0 aliphatic heterocycles.